The number of ether oxygens (including phenoxy) is 2. The molecular weight excluding hydrogens is 610 g/mol. The lowest BCUT2D eigenvalue weighted by molar-refractivity contribution is -0.154. The molecule has 0 spiro atoms. The molecule has 0 aromatic rings. The van der Waals surface area contributed by atoms with Crippen molar-refractivity contribution < 1.29 is 24.2 Å². The SMILES string of the molecule is CCCCCCCCCC(=O)OCC(C)(C)CCCCCN(CCO)CCCCCCC(C)(C)C(=O)OCCCCCC(CCC)CCC. The summed E-state index contributed by atoms with van der Waals surface area (Å²) in [6.45, 7) is 19.3. The van der Waals surface area contributed by atoms with Crippen molar-refractivity contribution >= 4 is 11.9 Å². The van der Waals surface area contributed by atoms with Gasteiger partial charge in [-0.3, -0.25) is 9.59 Å². The van der Waals surface area contributed by atoms with Gasteiger partial charge in [0.05, 0.1) is 25.2 Å². The molecule has 0 amide bonds. The quantitative estimate of drug-likeness (QED) is 0.0519. The van der Waals surface area contributed by atoms with E-state index < -0.39 is 5.41 Å². The van der Waals surface area contributed by atoms with Crippen molar-refractivity contribution in [3.8, 4) is 0 Å². The van der Waals surface area contributed by atoms with Crippen LogP contribution in [0.3, 0.4) is 0 Å². The molecule has 0 fully saturated rings. The maximum absolute atomic E-state index is 12.7. The average molecular weight is 696 g/mol. The third-order valence-corrected chi connectivity index (χ3v) is 10.3. The normalized spacial score (nSPS) is 12.3. The molecule has 0 aromatic carbocycles. The van der Waals surface area contributed by atoms with Gasteiger partial charge in [0.1, 0.15) is 0 Å². The number of hydrogen-bond donors (Lipinski definition) is 1. The summed E-state index contributed by atoms with van der Waals surface area (Å²) in [4.78, 5) is 27.3. The summed E-state index contributed by atoms with van der Waals surface area (Å²) >= 11 is 0. The Labute approximate surface area is 305 Å². The molecule has 0 saturated heterocycles. The molecule has 0 aliphatic rings. The van der Waals surface area contributed by atoms with Gasteiger partial charge in [-0.25, -0.2) is 0 Å². The van der Waals surface area contributed by atoms with Crippen molar-refractivity contribution in [1.82, 2.24) is 4.90 Å². The Bertz CT molecular complexity index is 761. The van der Waals surface area contributed by atoms with E-state index in [1.807, 2.05) is 13.8 Å². The predicted molar refractivity (Wildman–Crippen MR) is 209 cm³/mol. The van der Waals surface area contributed by atoms with Crippen LogP contribution in [0.25, 0.3) is 0 Å². The Morgan fingerprint density at radius 3 is 1.78 bits per heavy atom. The van der Waals surface area contributed by atoms with Crippen molar-refractivity contribution in [2.45, 2.75) is 209 Å². The number of carbonyl (C=O) groups is 2. The molecule has 292 valence electrons. The third-order valence-electron chi connectivity index (χ3n) is 10.3. The first-order valence-corrected chi connectivity index (χ1v) is 21.2. The van der Waals surface area contributed by atoms with Crippen LogP contribution in [-0.2, 0) is 19.1 Å². The molecule has 0 heterocycles. The van der Waals surface area contributed by atoms with E-state index in [0.717, 1.165) is 109 Å². The largest absolute Gasteiger partial charge is 0.465 e. The summed E-state index contributed by atoms with van der Waals surface area (Å²) in [5.41, 5.74) is -0.405. The molecule has 0 radical (unpaired) electrons. The maximum Gasteiger partial charge on any atom is 0.311 e. The molecule has 0 aliphatic heterocycles. The number of aliphatic hydroxyl groups excluding tert-OH is 1. The van der Waals surface area contributed by atoms with Crippen LogP contribution >= 0.6 is 0 Å². The van der Waals surface area contributed by atoms with E-state index in [4.69, 9.17) is 9.47 Å². The molecular formula is C43H85NO5. The summed E-state index contributed by atoms with van der Waals surface area (Å²) in [6, 6.07) is 0. The van der Waals surface area contributed by atoms with Gasteiger partial charge in [-0.15, -0.1) is 0 Å². The van der Waals surface area contributed by atoms with Crippen LogP contribution in [-0.4, -0.2) is 61.4 Å². The average Bonchev–Trinajstić information content (AvgIpc) is 3.06. The number of unbranched alkanes of at least 4 members (excludes halogenated alkanes) is 13. The number of hydrogen-bond acceptors (Lipinski definition) is 6. The van der Waals surface area contributed by atoms with E-state index in [9.17, 15) is 14.7 Å². The maximum atomic E-state index is 12.7. The topological polar surface area (TPSA) is 76.1 Å². The van der Waals surface area contributed by atoms with Crippen LogP contribution in [0.5, 0.6) is 0 Å². The minimum atomic E-state index is -0.417. The Kier molecular flexibility index (Phi) is 30.8. The van der Waals surface area contributed by atoms with Crippen LogP contribution < -0.4 is 0 Å². The van der Waals surface area contributed by atoms with Crippen LogP contribution in [0.4, 0.5) is 0 Å². The summed E-state index contributed by atoms with van der Waals surface area (Å²) in [5.74, 6) is 0.791. The molecule has 6 nitrogen and oxygen atoms in total. The van der Waals surface area contributed by atoms with E-state index in [0.29, 0.717) is 19.6 Å². The van der Waals surface area contributed by atoms with Gasteiger partial charge < -0.3 is 19.5 Å². The lowest BCUT2D eigenvalue weighted by atomic mass is 9.87. The molecule has 1 N–H and O–H groups in total. The van der Waals surface area contributed by atoms with Crippen molar-refractivity contribution in [3.63, 3.8) is 0 Å². The van der Waals surface area contributed by atoms with Gasteiger partial charge in [0.15, 0.2) is 0 Å². The van der Waals surface area contributed by atoms with Gasteiger partial charge in [-0.1, -0.05) is 150 Å². The molecule has 0 atom stereocenters. The van der Waals surface area contributed by atoms with Crippen molar-refractivity contribution in [3.05, 3.63) is 0 Å². The van der Waals surface area contributed by atoms with Crippen LogP contribution in [0.1, 0.15) is 209 Å². The van der Waals surface area contributed by atoms with E-state index in [1.54, 1.807) is 0 Å². The lowest BCUT2D eigenvalue weighted by Gasteiger charge is -2.25. The zero-order valence-corrected chi connectivity index (χ0v) is 34.0. The molecule has 49 heavy (non-hydrogen) atoms. The summed E-state index contributed by atoms with van der Waals surface area (Å²) in [6.07, 6.45) is 28.8. The molecule has 0 aromatic heterocycles. The fourth-order valence-corrected chi connectivity index (χ4v) is 6.92. The van der Waals surface area contributed by atoms with Gasteiger partial charge in [-0.2, -0.15) is 0 Å². The third kappa shape index (κ3) is 29.2. The van der Waals surface area contributed by atoms with Gasteiger partial charge in [0.25, 0.3) is 0 Å². The Morgan fingerprint density at radius 2 is 1.14 bits per heavy atom. The van der Waals surface area contributed by atoms with Crippen LogP contribution in [0.15, 0.2) is 0 Å². The number of esters is 2. The summed E-state index contributed by atoms with van der Waals surface area (Å²) in [5, 5.41) is 9.58. The molecule has 0 bridgehead atoms. The molecule has 0 saturated carbocycles. The number of nitrogens with zero attached hydrogens (tertiary/aromatic N) is 1. The fourth-order valence-electron chi connectivity index (χ4n) is 6.92. The Morgan fingerprint density at radius 1 is 0.592 bits per heavy atom. The smallest absolute Gasteiger partial charge is 0.311 e. The number of aliphatic hydroxyl groups is 1. The zero-order chi connectivity index (χ0) is 36.6. The fraction of sp³-hybridized carbons (Fsp3) is 0.953. The van der Waals surface area contributed by atoms with Crippen LogP contribution in [0.2, 0.25) is 0 Å². The highest BCUT2D eigenvalue weighted by atomic mass is 16.5. The lowest BCUT2D eigenvalue weighted by Crippen LogP contribution is -2.29. The monoisotopic (exact) mass is 696 g/mol. The second kappa shape index (κ2) is 31.6. The Balaban J connectivity index is 4.01. The van der Waals surface area contributed by atoms with E-state index >= 15 is 0 Å². The second-order valence-electron chi connectivity index (χ2n) is 16.5. The highest BCUT2D eigenvalue weighted by molar-refractivity contribution is 5.75. The van der Waals surface area contributed by atoms with Gasteiger partial charge >= 0.3 is 11.9 Å². The first-order valence-electron chi connectivity index (χ1n) is 21.2. The molecule has 0 unspecified atom stereocenters. The summed E-state index contributed by atoms with van der Waals surface area (Å²) < 4.78 is 11.3. The van der Waals surface area contributed by atoms with E-state index in [2.05, 4.69) is 39.5 Å². The molecule has 6 heteroatoms. The minimum Gasteiger partial charge on any atom is -0.465 e. The minimum absolute atomic E-state index is 0.0116. The Hall–Kier alpha value is -1.14. The van der Waals surface area contributed by atoms with E-state index in [-0.39, 0.29) is 24.0 Å². The molecule has 0 aliphatic carbocycles. The van der Waals surface area contributed by atoms with Gasteiger partial charge in [0, 0.05) is 13.0 Å². The van der Waals surface area contributed by atoms with Crippen molar-refractivity contribution in [2.75, 3.05) is 39.5 Å². The van der Waals surface area contributed by atoms with Crippen LogP contribution in [0, 0.1) is 16.7 Å². The number of rotatable bonds is 36. The predicted octanol–water partition coefficient (Wildman–Crippen LogP) is 11.8. The van der Waals surface area contributed by atoms with E-state index in [1.165, 1.54) is 70.6 Å². The zero-order valence-electron chi connectivity index (χ0n) is 34.0. The standard InChI is InChI=1S/C43H85NO5/c1-8-11-12-13-14-15-21-30-40(46)49-38-42(4,5)31-22-19-25-34-44(35-36-45)33-24-17-16-23-32-43(6,7)41(47)48-37-26-18-20-29-39(27-9-2)28-10-3/h39,45H,8-38H2,1-7H3. The van der Waals surface area contributed by atoms with Crippen molar-refractivity contribution in [2.24, 2.45) is 16.7 Å². The first-order chi connectivity index (χ1) is 23.5. The van der Waals surface area contributed by atoms with Gasteiger partial charge in [-0.05, 0) is 76.8 Å². The highest BCUT2D eigenvalue weighted by Crippen LogP contribution is 2.27. The second-order valence-corrected chi connectivity index (χ2v) is 16.5. The first kappa shape index (κ1) is 47.9. The highest BCUT2D eigenvalue weighted by Gasteiger charge is 2.28. The summed E-state index contributed by atoms with van der Waals surface area (Å²) in [7, 11) is 0. The number of carbonyl (C=O) groups excluding carboxylic acids is 2. The van der Waals surface area contributed by atoms with Crippen molar-refractivity contribution in [1.29, 1.82) is 0 Å². The molecule has 0 rings (SSSR count). The van der Waals surface area contributed by atoms with Gasteiger partial charge in [0.2, 0.25) is 0 Å².